The van der Waals surface area contributed by atoms with Crippen LogP contribution >= 0.6 is 0 Å². The second-order valence-corrected chi connectivity index (χ2v) is 4.59. The largest absolute Gasteiger partial charge is 0.396 e. The Kier molecular flexibility index (Phi) is 1.73. The minimum atomic E-state index is -0.569. The Morgan fingerprint density at radius 1 is 1.47 bits per heavy atom. The number of carbonyl (C=O) groups excluding carboxylic acids is 2. The molecule has 3 aliphatic rings. The molecule has 15 heavy (non-hydrogen) atoms. The molecule has 2 bridgehead atoms. The Hall–Kier alpha value is -0.940. The molecule has 82 valence electrons. The van der Waals surface area contributed by atoms with Crippen LogP contribution in [0.2, 0.25) is 0 Å². The number of aliphatic hydroxyl groups excluding tert-OH is 1. The summed E-state index contributed by atoms with van der Waals surface area (Å²) < 4.78 is 5.77. The van der Waals surface area contributed by atoms with E-state index in [0.29, 0.717) is 6.42 Å². The molecule has 0 aliphatic carbocycles. The van der Waals surface area contributed by atoms with Gasteiger partial charge in [-0.05, 0) is 12.8 Å². The number of hydrogen-bond donors (Lipinski definition) is 2. The molecule has 4 unspecified atom stereocenters. The van der Waals surface area contributed by atoms with Crippen LogP contribution in [0.5, 0.6) is 0 Å². The Balaban J connectivity index is 1.99. The van der Waals surface area contributed by atoms with Crippen LogP contribution < -0.4 is 5.32 Å². The van der Waals surface area contributed by atoms with Crippen molar-refractivity contribution in [2.24, 2.45) is 11.8 Å². The number of fused-ring (bicyclic) bond motifs is 5. The summed E-state index contributed by atoms with van der Waals surface area (Å²) in [6.45, 7) is -0.00257. The highest BCUT2D eigenvalue weighted by molar-refractivity contribution is 6.06. The van der Waals surface area contributed by atoms with Crippen LogP contribution in [0, 0.1) is 11.8 Å². The average Bonchev–Trinajstić information content (AvgIpc) is 2.79. The second-order valence-electron chi connectivity index (χ2n) is 4.59. The van der Waals surface area contributed by atoms with E-state index in [4.69, 9.17) is 9.84 Å². The molecule has 4 atom stereocenters. The van der Waals surface area contributed by atoms with E-state index in [2.05, 4.69) is 5.32 Å². The molecular formula is C10H13NO4. The average molecular weight is 211 g/mol. The van der Waals surface area contributed by atoms with Gasteiger partial charge in [-0.25, -0.2) is 0 Å². The second kappa shape index (κ2) is 2.80. The summed E-state index contributed by atoms with van der Waals surface area (Å²) in [5.74, 6) is -1.09. The van der Waals surface area contributed by atoms with Crippen molar-refractivity contribution in [3.63, 3.8) is 0 Å². The third-order valence-corrected chi connectivity index (χ3v) is 3.93. The zero-order valence-corrected chi connectivity index (χ0v) is 8.23. The van der Waals surface area contributed by atoms with Gasteiger partial charge in [0.2, 0.25) is 11.8 Å². The van der Waals surface area contributed by atoms with Crippen molar-refractivity contribution >= 4 is 11.8 Å². The number of nitrogens with one attached hydrogen (secondary N) is 1. The van der Waals surface area contributed by atoms with Crippen molar-refractivity contribution in [1.82, 2.24) is 5.32 Å². The summed E-state index contributed by atoms with van der Waals surface area (Å²) in [7, 11) is 0. The summed E-state index contributed by atoms with van der Waals surface area (Å²) in [4.78, 5) is 23.2. The third kappa shape index (κ3) is 0.995. The molecule has 2 N–H and O–H groups in total. The third-order valence-electron chi connectivity index (χ3n) is 3.93. The van der Waals surface area contributed by atoms with Crippen LogP contribution in [-0.2, 0) is 14.3 Å². The van der Waals surface area contributed by atoms with Crippen LogP contribution in [0.15, 0.2) is 0 Å². The maximum atomic E-state index is 11.6. The van der Waals surface area contributed by atoms with E-state index >= 15 is 0 Å². The zero-order valence-electron chi connectivity index (χ0n) is 8.23. The lowest BCUT2D eigenvalue weighted by Crippen LogP contribution is -2.41. The van der Waals surface area contributed by atoms with Gasteiger partial charge in [-0.1, -0.05) is 0 Å². The van der Waals surface area contributed by atoms with E-state index in [1.165, 1.54) is 0 Å². The topological polar surface area (TPSA) is 75.6 Å². The summed E-state index contributed by atoms with van der Waals surface area (Å²) in [5, 5.41) is 11.4. The van der Waals surface area contributed by atoms with Crippen LogP contribution in [0.1, 0.15) is 19.3 Å². The number of amides is 2. The van der Waals surface area contributed by atoms with Gasteiger partial charge in [0.05, 0.1) is 23.5 Å². The molecule has 0 spiro atoms. The molecule has 3 heterocycles. The first kappa shape index (κ1) is 9.30. The number of ether oxygens (including phenoxy) is 1. The van der Waals surface area contributed by atoms with Gasteiger partial charge in [0.1, 0.15) is 0 Å². The van der Waals surface area contributed by atoms with E-state index < -0.39 is 5.60 Å². The van der Waals surface area contributed by atoms with Crippen LogP contribution in [0.4, 0.5) is 0 Å². The molecule has 3 aliphatic heterocycles. The smallest absolute Gasteiger partial charge is 0.233 e. The molecule has 5 nitrogen and oxygen atoms in total. The van der Waals surface area contributed by atoms with E-state index in [0.717, 1.165) is 12.8 Å². The van der Waals surface area contributed by atoms with Crippen molar-refractivity contribution < 1.29 is 19.4 Å². The summed E-state index contributed by atoms with van der Waals surface area (Å²) >= 11 is 0. The standard InChI is InChI=1S/C10H13NO4/c12-4-3-10-2-1-5(15-10)6-7(10)9(14)11-8(6)13/h5-7,12H,1-4H2,(H,11,13,14). The fraction of sp³-hybridized carbons (Fsp3) is 0.800. The predicted molar refractivity (Wildman–Crippen MR) is 48.7 cm³/mol. The molecule has 0 saturated carbocycles. The minimum absolute atomic E-state index is 0.00257. The highest BCUT2D eigenvalue weighted by atomic mass is 16.5. The van der Waals surface area contributed by atoms with Gasteiger partial charge in [0, 0.05) is 13.0 Å². The van der Waals surface area contributed by atoms with Crippen molar-refractivity contribution in [2.45, 2.75) is 31.0 Å². The fourth-order valence-electron chi connectivity index (χ4n) is 3.36. The summed E-state index contributed by atoms with van der Waals surface area (Å²) in [5.41, 5.74) is -0.569. The van der Waals surface area contributed by atoms with Gasteiger partial charge in [0.25, 0.3) is 0 Å². The quantitative estimate of drug-likeness (QED) is 0.586. The fourth-order valence-corrected chi connectivity index (χ4v) is 3.36. The van der Waals surface area contributed by atoms with Gasteiger partial charge in [0.15, 0.2) is 0 Å². The SMILES string of the molecule is O=C1NC(=O)C2C1C1CCC2(CCO)O1. The lowest BCUT2D eigenvalue weighted by Gasteiger charge is -2.29. The molecule has 0 aromatic heterocycles. The minimum Gasteiger partial charge on any atom is -0.396 e. The molecule has 3 saturated heterocycles. The lowest BCUT2D eigenvalue weighted by atomic mass is 9.71. The first-order valence-corrected chi connectivity index (χ1v) is 5.31. The van der Waals surface area contributed by atoms with Crippen LogP contribution in [-0.4, -0.2) is 35.2 Å². The first-order valence-electron chi connectivity index (χ1n) is 5.31. The highest BCUT2D eigenvalue weighted by Crippen LogP contribution is 2.54. The van der Waals surface area contributed by atoms with E-state index in [-0.39, 0.29) is 36.4 Å². The first-order chi connectivity index (χ1) is 7.18. The molecule has 0 aromatic rings. The Morgan fingerprint density at radius 3 is 3.00 bits per heavy atom. The van der Waals surface area contributed by atoms with Crippen molar-refractivity contribution in [3.8, 4) is 0 Å². The normalized spacial score (nSPS) is 47.1. The number of rotatable bonds is 2. The molecule has 5 heteroatoms. The van der Waals surface area contributed by atoms with Gasteiger partial charge in [-0.2, -0.15) is 0 Å². The maximum Gasteiger partial charge on any atom is 0.233 e. The lowest BCUT2D eigenvalue weighted by molar-refractivity contribution is -0.131. The Bertz CT molecular complexity index is 342. The predicted octanol–water partition coefficient (Wildman–Crippen LogP) is -0.811. The molecule has 2 amide bonds. The van der Waals surface area contributed by atoms with Crippen molar-refractivity contribution in [3.05, 3.63) is 0 Å². The van der Waals surface area contributed by atoms with Crippen molar-refractivity contribution in [2.75, 3.05) is 6.61 Å². The molecule has 3 fully saturated rings. The number of hydrogen-bond acceptors (Lipinski definition) is 4. The van der Waals surface area contributed by atoms with Gasteiger partial charge < -0.3 is 9.84 Å². The van der Waals surface area contributed by atoms with Crippen LogP contribution in [0.3, 0.4) is 0 Å². The van der Waals surface area contributed by atoms with E-state index in [1.807, 2.05) is 0 Å². The Labute approximate surface area is 86.8 Å². The zero-order chi connectivity index (χ0) is 10.6. The molecule has 3 rings (SSSR count). The Morgan fingerprint density at radius 2 is 2.27 bits per heavy atom. The maximum absolute atomic E-state index is 11.6. The van der Waals surface area contributed by atoms with Crippen LogP contribution in [0.25, 0.3) is 0 Å². The highest BCUT2D eigenvalue weighted by Gasteiger charge is 2.66. The summed E-state index contributed by atoms with van der Waals surface area (Å²) in [6, 6.07) is 0. The molecule has 0 radical (unpaired) electrons. The van der Waals surface area contributed by atoms with Gasteiger partial charge in [-0.3, -0.25) is 14.9 Å². The van der Waals surface area contributed by atoms with Gasteiger partial charge in [-0.15, -0.1) is 0 Å². The number of imide groups is 1. The van der Waals surface area contributed by atoms with E-state index in [1.54, 1.807) is 0 Å². The molecular weight excluding hydrogens is 198 g/mol. The number of aliphatic hydroxyl groups is 1. The van der Waals surface area contributed by atoms with Crippen molar-refractivity contribution in [1.29, 1.82) is 0 Å². The van der Waals surface area contributed by atoms with E-state index in [9.17, 15) is 9.59 Å². The monoisotopic (exact) mass is 211 g/mol. The van der Waals surface area contributed by atoms with Gasteiger partial charge >= 0.3 is 0 Å². The molecule has 0 aromatic carbocycles. The number of carbonyl (C=O) groups is 2. The summed E-state index contributed by atoms with van der Waals surface area (Å²) in [6.07, 6.45) is 1.93.